The Morgan fingerprint density at radius 3 is 1.26 bits per heavy atom. The smallest absolute Gasteiger partial charge is 0.165 e. The third-order valence-corrected chi connectivity index (χ3v) is 14.3. The molecule has 80 heavy (non-hydrogen) atoms. The maximum absolute atomic E-state index is 5.42. The molecule has 0 unspecified atom stereocenters. The first-order chi connectivity index (χ1) is 39.6. The van der Waals surface area contributed by atoms with Crippen LogP contribution in [0.4, 0.5) is 0 Å². The molecule has 0 amide bonds. The number of hydrogen-bond acceptors (Lipinski definition) is 10. The van der Waals surface area contributed by atoms with Crippen molar-refractivity contribution in [2.24, 2.45) is 0 Å². The molecule has 0 bridgehead atoms. The molecule has 0 saturated heterocycles. The van der Waals surface area contributed by atoms with E-state index in [-0.39, 0.29) is 0 Å². The molecule has 0 saturated carbocycles. The summed E-state index contributed by atoms with van der Waals surface area (Å²) >= 11 is 0. The molecule has 0 N–H and O–H groups in total. The van der Waals surface area contributed by atoms with E-state index in [0.717, 1.165) is 105 Å². The highest BCUT2D eigenvalue weighted by atomic mass is 15.0. The van der Waals surface area contributed by atoms with E-state index in [2.05, 4.69) is 159 Å². The minimum atomic E-state index is 0.548. The number of aromatic nitrogens is 10. The lowest BCUT2D eigenvalue weighted by molar-refractivity contribution is 1.08. The van der Waals surface area contributed by atoms with E-state index < -0.39 is 0 Å². The first kappa shape index (κ1) is 47.4. The van der Waals surface area contributed by atoms with Crippen LogP contribution in [-0.4, -0.2) is 49.8 Å². The molecule has 0 fully saturated rings. The van der Waals surface area contributed by atoms with Gasteiger partial charge in [-0.15, -0.1) is 0 Å². The second-order valence-corrected chi connectivity index (χ2v) is 19.2. The van der Waals surface area contributed by atoms with Crippen molar-refractivity contribution < 1.29 is 0 Å². The molecule has 4 heterocycles. The lowest BCUT2D eigenvalue weighted by atomic mass is 9.89. The standard InChI is InChI=1S/C70H44N10/c1-4-16-49(17-5-1)65-75-66(50-18-6-2-7-19-50)79-70(78-65)63-59(47-29-27-45(28-30-47)55-42-71-44-72-43-55)37-38-60-56(25-13-26-61(60)63)53-22-12-23-54(41-53)68-76-67(51-20-8-3-9-21-51)77-69(80-68)62-57-24-11-10-15-46(57)35-36-58(62)48-31-33-52(34-32-48)64-73-39-14-40-74-64/h1-44H. The largest absolute Gasteiger partial charge is 0.244 e. The molecule has 4 aromatic heterocycles. The topological polar surface area (TPSA) is 129 Å². The zero-order valence-electron chi connectivity index (χ0n) is 42.9. The summed E-state index contributed by atoms with van der Waals surface area (Å²) in [4.78, 5) is 49.2. The zero-order valence-corrected chi connectivity index (χ0v) is 42.9. The van der Waals surface area contributed by atoms with Gasteiger partial charge in [0, 0.05) is 69.3 Å². The highest BCUT2D eigenvalue weighted by Crippen LogP contribution is 2.43. The number of benzene rings is 10. The molecule has 0 aliphatic heterocycles. The van der Waals surface area contributed by atoms with Gasteiger partial charge in [0.15, 0.2) is 40.8 Å². The second kappa shape index (κ2) is 20.8. The van der Waals surface area contributed by atoms with Gasteiger partial charge in [0.05, 0.1) is 0 Å². The summed E-state index contributed by atoms with van der Waals surface area (Å²) < 4.78 is 0. The van der Waals surface area contributed by atoms with Crippen LogP contribution in [0, 0.1) is 0 Å². The Morgan fingerprint density at radius 2 is 0.662 bits per heavy atom. The summed E-state index contributed by atoms with van der Waals surface area (Å²) in [5.74, 6) is 4.08. The lowest BCUT2D eigenvalue weighted by Gasteiger charge is -2.17. The van der Waals surface area contributed by atoms with Gasteiger partial charge < -0.3 is 0 Å². The summed E-state index contributed by atoms with van der Waals surface area (Å²) in [6.45, 7) is 0. The fourth-order valence-corrected chi connectivity index (χ4v) is 10.5. The number of rotatable bonds is 11. The van der Waals surface area contributed by atoms with Crippen LogP contribution in [0.1, 0.15) is 0 Å². The van der Waals surface area contributed by atoms with Crippen molar-refractivity contribution in [3.05, 3.63) is 268 Å². The second-order valence-electron chi connectivity index (χ2n) is 19.2. The van der Waals surface area contributed by atoms with Crippen molar-refractivity contribution in [2.75, 3.05) is 0 Å². The Kier molecular flexibility index (Phi) is 12.3. The van der Waals surface area contributed by atoms with E-state index in [4.69, 9.17) is 29.9 Å². The van der Waals surface area contributed by atoms with Gasteiger partial charge in [0.1, 0.15) is 6.33 Å². The Morgan fingerprint density at radius 1 is 0.225 bits per heavy atom. The normalized spacial score (nSPS) is 11.2. The van der Waals surface area contributed by atoms with E-state index in [0.29, 0.717) is 40.8 Å². The molecule has 14 aromatic rings. The summed E-state index contributed by atoms with van der Waals surface area (Å²) in [5, 5.41) is 4.11. The third kappa shape index (κ3) is 9.18. The molecule has 10 aromatic carbocycles. The molecule has 0 atom stereocenters. The molecule has 374 valence electrons. The Balaban J connectivity index is 0.941. The van der Waals surface area contributed by atoms with Gasteiger partial charge in [-0.2, -0.15) is 0 Å². The van der Waals surface area contributed by atoms with Crippen LogP contribution >= 0.6 is 0 Å². The Labute approximate surface area is 461 Å². The fraction of sp³-hybridized carbons (Fsp3) is 0. The average Bonchev–Trinajstić information content (AvgIpc) is 3.59. The lowest BCUT2D eigenvalue weighted by Crippen LogP contribution is -2.02. The summed E-state index contributed by atoms with van der Waals surface area (Å²) in [6.07, 6.45) is 8.72. The minimum Gasteiger partial charge on any atom is -0.244 e. The maximum atomic E-state index is 5.42. The van der Waals surface area contributed by atoms with Crippen molar-refractivity contribution in [1.82, 2.24) is 49.8 Å². The third-order valence-electron chi connectivity index (χ3n) is 14.3. The Bertz CT molecular complexity index is 4490. The first-order valence-electron chi connectivity index (χ1n) is 26.3. The average molecular weight is 1030 g/mol. The molecule has 0 aliphatic carbocycles. The van der Waals surface area contributed by atoms with Gasteiger partial charge in [-0.25, -0.2) is 49.8 Å². The maximum Gasteiger partial charge on any atom is 0.165 e. The predicted molar refractivity (Wildman–Crippen MR) is 319 cm³/mol. The molecule has 10 heteroatoms. The molecule has 10 nitrogen and oxygen atoms in total. The van der Waals surface area contributed by atoms with Crippen molar-refractivity contribution in [3.8, 4) is 124 Å². The van der Waals surface area contributed by atoms with Gasteiger partial charge in [0.25, 0.3) is 0 Å². The van der Waals surface area contributed by atoms with Crippen LogP contribution in [0.2, 0.25) is 0 Å². The van der Waals surface area contributed by atoms with Gasteiger partial charge in [-0.3, -0.25) is 0 Å². The monoisotopic (exact) mass is 1020 g/mol. The number of fused-ring (bicyclic) bond motifs is 2. The molecular formula is C70H44N10. The van der Waals surface area contributed by atoms with Gasteiger partial charge in [0.2, 0.25) is 0 Å². The molecule has 0 spiro atoms. The molecule has 0 aliphatic rings. The quantitative estimate of drug-likeness (QED) is 0.123. The highest BCUT2D eigenvalue weighted by molar-refractivity contribution is 6.09. The molecular weight excluding hydrogens is 981 g/mol. The highest BCUT2D eigenvalue weighted by Gasteiger charge is 2.22. The van der Waals surface area contributed by atoms with Crippen molar-refractivity contribution in [2.45, 2.75) is 0 Å². The summed E-state index contributed by atoms with van der Waals surface area (Å²) in [5.41, 5.74) is 14.2. The summed E-state index contributed by atoms with van der Waals surface area (Å²) in [6, 6.07) is 81.0. The van der Waals surface area contributed by atoms with Crippen LogP contribution in [0.3, 0.4) is 0 Å². The van der Waals surface area contributed by atoms with E-state index in [1.54, 1.807) is 18.7 Å². The van der Waals surface area contributed by atoms with E-state index in [1.165, 1.54) is 0 Å². The van der Waals surface area contributed by atoms with Crippen LogP contribution in [0.15, 0.2) is 268 Å². The first-order valence-corrected chi connectivity index (χ1v) is 26.3. The summed E-state index contributed by atoms with van der Waals surface area (Å²) in [7, 11) is 0. The van der Waals surface area contributed by atoms with Crippen LogP contribution in [-0.2, 0) is 0 Å². The van der Waals surface area contributed by atoms with E-state index in [1.807, 2.05) is 109 Å². The molecule has 0 radical (unpaired) electrons. The molecule has 14 rings (SSSR count). The predicted octanol–water partition coefficient (Wildman–Crippen LogP) is 16.3. The number of nitrogens with zero attached hydrogens (tertiary/aromatic N) is 10. The van der Waals surface area contributed by atoms with Crippen LogP contribution < -0.4 is 0 Å². The SMILES string of the molecule is c1ccc(-c2nc(-c3cccc(-c4cccc5c(-c6nc(-c7ccccc7)nc(-c7ccccc7)n6)c(-c6ccc(-c7cncnc7)cc6)ccc45)c3)nc(-c3c(-c4ccc(-c5ncccn5)cc4)ccc4ccccc34)n2)cc1. The van der Waals surface area contributed by atoms with Gasteiger partial charge in [-0.05, 0) is 72.6 Å². The minimum absolute atomic E-state index is 0.548. The van der Waals surface area contributed by atoms with Crippen molar-refractivity contribution >= 4 is 21.5 Å². The van der Waals surface area contributed by atoms with Crippen LogP contribution in [0.5, 0.6) is 0 Å². The van der Waals surface area contributed by atoms with Crippen molar-refractivity contribution in [3.63, 3.8) is 0 Å². The van der Waals surface area contributed by atoms with Crippen LogP contribution in [0.25, 0.3) is 146 Å². The van der Waals surface area contributed by atoms with Crippen molar-refractivity contribution in [1.29, 1.82) is 0 Å². The fourth-order valence-electron chi connectivity index (χ4n) is 10.5. The van der Waals surface area contributed by atoms with Gasteiger partial charge >= 0.3 is 0 Å². The van der Waals surface area contributed by atoms with E-state index >= 15 is 0 Å². The van der Waals surface area contributed by atoms with E-state index in [9.17, 15) is 0 Å². The Hall–Kier alpha value is -11.1. The zero-order chi connectivity index (χ0) is 53.2. The number of hydrogen-bond donors (Lipinski definition) is 0. The van der Waals surface area contributed by atoms with Gasteiger partial charge in [-0.1, -0.05) is 224 Å².